The zero-order valence-electron chi connectivity index (χ0n) is 17.0. The predicted molar refractivity (Wildman–Crippen MR) is 103 cm³/mol. The quantitative estimate of drug-likeness (QED) is 0.131. The molecule has 4 N–H and O–H groups in total. The Bertz CT molecular complexity index is 1010. The smallest absolute Gasteiger partial charge is 0.303 e. The summed E-state index contributed by atoms with van der Waals surface area (Å²) in [5, 5.41) is 0. The molecule has 0 aromatic heterocycles. The minimum Gasteiger partial charge on any atom is -0.303 e. The molecule has 14 nitrogen and oxygen atoms in total. The van der Waals surface area contributed by atoms with Crippen molar-refractivity contribution in [1.82, 2.24) is 9.80 Å². The number of rotatable bonds is 6. The number of likely N-dealkylation sites (tertiary alicyclic amines) is 2. The van der Waals surface area contributed by atoms with Gasteiger partial charge in [0.2, 0.25) is 23.6 Å². The topological polar surface area (TPSA) is 208 Å². The van der Waals surface area contributed by atoms with E-state index in [2.05, 4.69) is 9.05 Å². The van der Waals surface area contributed by atoms with E-state index in [1.54, 1.807) is 12.2 Å². The molecular formula is C16H18N2NaO12P2. The van der Waals surface area contributed by atoms with Crippen molar-refractivity contribution >= 4 is 68.8 Å². The molecule has 2 bridgehead atoms. The van der Waals surface area contributed by atoms with Gasteiger partial charge < -0.3 is 19.6 Å². The van der Waals surface area contributed by atoms with Crippen LogP contribution in [0.5, 0.6) is 0 Å². The van der Waals surface area contributed by atoms with Crippen LogP contribution in [-0.2, 0) is 37.4 Å². The molecule has 17 heteroatoms. The van der Waals surface area contributed by atoms with Crippen LogP contribution >= 0.6 is 15.6 Å². The first kappa shape index (κ1) is 25.3. The van der Waals surface area contributed by atoms with E-state index in [0.29, 0.717) is 9.80 Å². The van der Waals surface area contributed by atoms with Crippen LogP contribution in [0.1, 0.15) is 0 Å². The van der Waals surface area contributed by atoms with Gasteiger partial charge in [0.1, 0.15) is 13.5 Å². The maximum Gasteiger partial charge on any atom is 0.471 e. The first-order valence-corrected chi connectivity index (χ1v) is 12.7. The summed E-state index contributed by atoms with van der Waals surface area (Å²) < 4.78 is 30.6. The number of amides is 4. The van der Waals surface area contributed by atoms with E-state index in [9.17, 15) is 28.3 Å². The Hall–Kier alpha value is -0.760. The standard InChI is InChI=1S/C16H18N2O12P2.Na/c19-13-9-5-1-2-6(10(9)14(20)17(13)3-29-31(23,24)25)8-7(5)11-12(8)16(22)18(15(11)21)4-30-32(26,27)28;/h1-2,5-12H,3-4H2,(H2,23,24,25)(H2,26,27,28);. The van der Waals surface area contributed by atoms with Crippen LogP contribution in [0.4, 0.5) is 0 Å². The van der Waals surface area contributed by atoms with Gasteiger partial charge in [0.15, 0.2) is 0 Å². The number of phosphoric acid groups is 2. The first-order valence-electron chi connectivity index (χ1n) is 9.61. The monoisotopic (exact) mass is 515 g/mol. The molecule has 4 fully saturated rings. The van der Waals surface area contributed by atoms with E-state index in [4.69, 9.17) is 19.6 Å². The zero-order valence-corrected chi connectivity index (χ0v) is 20.8. The minimum atomic E-state index is -4.92. The molecule has 2 aliphatic heterocycles. The summed E-state index contributed by atoms with van der Waals surface area (Å²) in [7, 11) is -9.83. The Morgan fingerprint density at radius 3 is 1.27 bits per heavy atom. The Morgan fingerprint density at radius 1 is 0.667 bits per heavy atom. The van der Waals surface area contributed by atoms with Gasteiger partial charge in [-0.25, -0.2) is 9.13 Å². The van der Waals surface area contributed by atoms with Gasteiger partial charge in [0, 0.05) is 29.6 Å². The van der Waals surface area contributed by atoms with Crippen molar-refractivity contribution in [2.75, 3.05) is 13.5 Å². The second-order valence-corrected chi connectivity index (χ2v) is 11.0. The van der Waals surface area contributed by atoms with Crippen molar-refractivity contribution in [2.24, 2.45) is 47.3 Å². The molecule has 175 valence electrons. The van der Waals surface area contributed by atoms with Gasteiger partial charge in [-0.3, -0.25) is 38.0 Å². The fraction of sp³-hybridized carbons (Fsp3) is 0.625. The summed E-state index contributed by atoms with van der Waals surface area (Å²) in [6.07, 6.45) is 3.46. The largest absolute Gasteiger partial charge is 0.471 e. The third kappa shape index (κ3) is 3.76. The SMILES string of the molecule is O=C1C2C3C=CC(C2C(=O)N1COP(=O)(O)O)C1C2C(=O)N(COP(=O)(O)O)C(=O)C2C31.[Na]. The minimum absolute atomic E-state index is 0. The number of carbonyl (C=O) groups is 4. The molecule has 4 amide bonds. The molecule has 2 heterocycles. The van der Waals surface area contributed by atoms with Crippen molar-refractivity contribution in [3.63, 3.8) is 0 Å². The molecule has 8 unspecified atom stereocenters. The molecule has 6 aliphatic rings. The van der Waals surface area contributed by atoms with E-state index in [1.165, 1.54) is 0 Å². The first-order chi connectivity index (χ1) is 14.8. The molecule has 33 heavy (non-hydrogen) atoms. The molecule has 6 rings (SSSR count). The van der Waals surface area contributed by atoms with Crippen molar-refractivity contribution in [1.29, 1.82) is 0 Å². The molecule has 8 atom stereocenters. The number of allylic oxidation sites excluding steroid dienone is 2. The number of nitrogens with zero attached hydrogens (tertiary/aromatic N) is 2. The van der Waals surface area contributed by atoms with E-state index in [-0.39, 0.29) is 29.6 Å². The average Bonchev–Trinajstić information content (AvgIpc) is 3.02. The molecule has 0 aromatic carbocycles. The van der Waals surface area contributed by atoms with Gasteiger partial charge in [-0.05, 0) is 23.7 Å². The van der Waals surface area contributed by atoms with Gasteiger partial charge in [0.25, 0.3) is 0 Å². The molecule has 2 saturated carbocycles. The van der Waals surface area contributed by atoms with Crippen molar-refractivity contribution in [3.8, 4) is 0 Å². The summed E-state index contributed by atoms with van der Waals surface area (Å²) in [4.78, 5) is 88.3. The number of phosphoric ester groups is 2. The zero-order chi connectivity index (χ0) is 23.3. The number of fused-ring (bicyclic) bond motifs is 1. The van der Waals surface area contributed by atoms with Gasteiger partial charge in [0.05, 0.1) is 23.7 Å². The summed E-state index contributed by atoms with van der Waals surface area (Å²) in [5.41, 5.74) is 0. The second kappa shape index (κ2) is 8.14. The summed E-state index contributed by atoms with van der Waals surface area (Å²) in [6, 6.07) is 0. The van der Waals surface area contributed by atoms with Gasteiger partial charge in [-0.15, -0.1) is 0 Å². The van der Waals surface area contributed by atoms with Crippen molar-refractivity contribution in [3.05, 3.63) is 12.2 Å². The van der Waals surface area contributed by atoms with Crippen LogP contribution < -0.4 is 0 Å². The Labute approximate surface area is 208 Å². The fourth-order valence-corrected chi connectivity index (χ4v) is 6.78. The predicted octanol–water partition coefficient (Wildman–Crippen LogP) is -2.00. The normalized spacial score (nSPS) is 38.8. The Balaban J connectivity index is 0.00000259. The second-order valence-electron chi connectivity index (χ2n) is 8.50. The maximum absolute atomic E-state index is 12.9. The van der Waals surface area contributed by atoms with Crippen molar-refractivity contribution in [2.45, 2.75) is 0 Å². The Kier molecular flexibility index (Phi) is 6.25. The van der Waals surface area contributed by atoms with Gasteiger partial charge in [-0.1, -0.05) is 12.2 Å². The van der Waals surface area contributed by atoms with Crippen LogP contribution in [-0.4, -0.2) is 96.0 Å². The summed E-state index contributed by atoms with van der Waals surface area (Å²) in [5.74, 6) is -7.84. The van der Waals surface area contributed by atoms with Crippen molar-refractivity contribution < 1.29 is 56.9 Å². The van der Waals surface area contributed by atoms with Crippen LogP contribution in [0, 0.1) is 47.3 Å². The number of imide groups is 2. The number of hydrogen-bond acceptors (Lipinski definition) is 8. The van der Waals surface area contributed by atoms with Crippen LogP contribution in [0.25, 0.3) is 0 Å². The fourth-order valence-electron chi connectivity index (χ4n) is 6.24. The summed E-state index contributed by atoms with van der Waals surface area (Å²) in [6.45, 7) is -1.79. The van der Waals surface area contributed by atoms with Gasteiger partial charge >= 0.3 is 15.6 Å². The van der Waals surface area contributed by atoms with Gasteiger partial charge in [-0.2, -0.15) is 0 Å². The number of hydrogen-bond donors (Lipinski definition) is 4. The third-order valence-electron chi connectivity index (χ3n) is 7.24. The van der Waals surface area contributed by atoms with Crippen LogP contribution in [0.3, 0.4) is 0 Å². The molecule has 4 aliphatic carbocycles. The Morgan fingerprint density at radius 2 is 0.970 bits per heavy atom. The number of carbonyl (C=O) groups excluding carboxylic acids is 4. The maximum atomic E-state index is 12.9. The van der Waals surface area contributed by atoms with E-state index in [1.807, 2.05) is 0 Å². The summed E-state index contributed by atoms with van der Waals surface area (Å²) >= 11 is 0. The molecule has 1 radical (unpaired) electrons. The van der Waals surface area contributed by atoms with Crippen LogP contribution in [0.15, 0.2) is 12.2 Å². The molecule has 0 aromatic rings. The average molecular weight is 515 g/mol. The van der Waals surface area contributed by atoms with E-state index < -0.39 is 100 Å². The van der Waals surface area contributed by atoms with Crippen LogP contribution in [0.2, 0.25) is 0 Å². The van der Waals surface area contributed by atoms with E-state index in [0.717, 1.165) is 0 Å². The molecule has 0 spiro atoms. The molecule has 2 saturated heterocycles. The van der Waals surface area contributed by atoms with E-state index >= 15 is 0 Å². The third-order valence-corrected chi connectivity index (χ3v) is 8.14. The molecular weight excluding hydrogens is 497 g/mol.